The van der Waals surface area contributed by atoms with E-state index >= 15 is 0 Å². The molecule has 0 aromatic heterocycles. The van der Waals surface area contributed by atoms with Gasteiger partial charge in [-0.25, -0.2) is 4.79 Å². The van der Waals surface area contributed by atoms with E-state index in [1.807, 2.05) is 0 Å². The molecule has 3 N–H and O–H groups in total. The minimum atomic E-state index is -1.24. The lowest BCUT2D eigenvalue weighted by atomic mass is 9.92. The van der Waals surface area contributed by atoms with Crippen LogP contribution in [0.3, 0.4) is 0 Å². The van der Waals surface area contributed by atoms with Crippen molar-refractivity contribution in [1.29, 1.82) is 0 Å². The van der Waals surface area contributed by atoms with Crippen LogP contribution in [0.15, 0.2) is 18.2 Å². The van der Waals surface area contributed by atoms with Gasteiger partial charge < -0.3 is 19.8 Å². The second-order valence-corrected chi connectivity index (χ2v) is 5.13. The lowest BCUT2D eigenvalue weighted by Gasteiger charge is -2.26. The van der Waals surface area contributed by atoms with Crippen LogP contribution in [0.2, 0.25) is 0 Å². The van der Waals surface area contributed by atoms with Gasteiger partial charge in [0, 0.05) is 24.7 Å². The molecule has 2 rings (SSSR count). The van der Waals surface area contributed by atoms with Crippen molar-refractivity contribution in [3.05, 3.63) is 23.8 Å². The van der Waals surface area contributed by atoms with Crippen molar-refractivity contribution in [2.75, 3.05) is 32.8 Å². The van der Waals surface area contributed by atoms with Gasteiger partial charge in [0.15, 0.2) is 5.54 Å². The van der Waals surface area contributed by atoms with Gasteiger partial charge in [-0.2, -0.15) is 0 Å². The smallest absolute Gasteiger partial charge is 0.332 e. The van der Waals surface area contributed by atoms with Crippen molar-refractivity contribution in [1.82, 2.24) is 10.2 Å². The second kappa shape index (κ2) is 6.32. The number of aliphatic carboxylic acids is 1. The van der Waals surface area contributed by atoms with Crippen LogP contribution in [0.1, 0.15) is 19.4 Å². The molecule has 1 aromatic carbocycles. The number of carboxylic acid groups (broad SMARTS) is 1. The lowest BCUT2D eigenvalue weighted by molar-refractivity contribution is -0.145. The number of phenols is 1. The largest absolute Gasteiger partial charge is 0.508 e. The van der Waals surface area contributed by atoms with Crippen molar-refractivity contribution in [2.24, 2.45) is 0 Å². The monoisotopic (exact) mass is 294 g/mol. The maximum absolute atomic E-state index is 11.8. The van der Waals surface area contributed by atoms with Crippen molar-refractivity contribution in [3.8, 4) is 11.5 Å². The number of fused-ring (bicyclic) bond motifs is 1. The summed E-state index contributed by atoms with van der Waals surface area (Å²) < 4.78 is 5.45. The van der Waals surface area contributed by atoms with E-state index in [-0.39, 0.29) is 12.4 Å². The maximum Gasteiger partial charge on any atom is 0.332 e. The van der Waals surface area contributed by atoms with Gasteiger partial charge in [-0.3, -0.25) is 5.32 Å². The second-order valence-electron chi connectivity index (χ2n) is 5.13. The summed E-state index contributed by atoms with van der Waals surface area (Å²) in [7, 11) is 0. The fourth-order valence-electron chi connectivity index (χ4n) is 2.61. The molecule has 6 nitrogen and oxygen atoms in total. The molecule has 0 bridgehead atoms. The van der Waals surface area contributed by atoms with Crippen molar-refractivity contribution in [2.45, 2.75) is 19.4 Å². The van der Waals surface area contributed by atoms with Gasteiger partial charge in [-0.05, 0) is 25.2 Å². The van der Waals surface area contributed by atoms with E-state index in [1.54, 1.807) is 6.07 Å². The van der Waals surface area contributed by atoms with Gasteiger partial charge in [0.25, 0.3) is 0 Å². The van der Waals surface area contributed by atoms with Crippen LogP contribution in [0, 0.1) is 0 Å². The topological polar surface area (TPSA) is 82.0 Å². The Labute approximate surface area is 124 Å². The van der Waals surface area contributed by atoms with Crippen molar-refractivity contribution >= 4 is 5.97 Å². The number of phenolic OH excluding ortho intramolecular Hbond substituents is 1. The third kappa shape index (κ3) is 2.96. The molecule has 0 fully saturated rings. The molecule has 0 radical (unpaired) electrons. The Kier molecular flexibility index (Phi) is 4.69. The normalized spacial score (nSPS) is 20.3. The molecule has 0 saturated carbocycles. The molecule has 1 heterocycles. The van der Waals surface area contributed by atoms with E-state index in [0.717, 1.165) is 19.6 Å². The Balaban J connectivity index is 2.15. The number of likely N-dealkylation sites (N-methyl/N-ethyl adjacent to an activating group) is 1. The fraction of sp³-hybridized carbons (Fsp3) is 0.533. The molecular weight excluding hydrogens is 272 g/mol. The van der Waals surface area contributed by atoms with E-state index in [2.05, 4.69) is 24.1 Å². The molecule has 1 aliphatic heterocycles. The van der Waals surface area contributed by atoms with E-state index in [1.165, 1.54) is 12.1 Å². The van der Waals surface area contributed by atoms with Crippen molar-refractivity contribution < 1.29 is 19.7 Å². The molecule has 116 valence electrons. The molecule has 0 saturated heterocycles. The highest BCUT2D eigenvalue weighted by Gasteiger charge is 2.47. The molecule has 21 heavy (non-hydrogen) atoms. The summed E-state index contributed by atoms with van der Waals surface area (Å²) in [6.45, 7) is 7.37. The van der Waals surface area contributed by atoms with Crippen LogP contribution in [-0.2, 0) is 10.3 Å². The van der Waals surface area contributed by atoms with E-state index in [9.17, 15) is 15.0 Å². The predicted molar refractivity (Wildman–Crippen MR) is 78.7 cm³/mol. The summed E-state index contributed by atoms with van der Waals surface area (Å²) in [5.41, 5.74) is -0.678. The highest BCUT2D eigenvalue weighted by molar-refractivity contribution is 5.83. The van der Waals surface area contributed by atoms with Gasteiger partial charge in [0.1, 0.15) is 18.1 Å². The van der Waals surface area contributed by atoms with Crippen LogP contribution in [-0.4, -0.2) is 53.9 Å². The molecule has 1 unspecified atom stereocenters. The number of hydrogen-bond donors (Lipinski definition) is 3. The molecule has 0 aliphatic carbocycles. The highest BCUT2D eigenvalue weighted by Crippen LogP contribution is 2.39. The molecule has 1 aliphatic rings. The molecule has 0 spiro atoms. The summed E-state index contributed by atoms with van der Waals surface area (Å²) in [5.74, 6) is -0.475. The van der Waals surface area contributed by atoms with E-state index in [0.29, 0.717) is 17.9 Å². The first-order chi connectivity index (χ1) is 10.0. The lowest BCUT2D eigenvalue weighted by Crippen LogP contribution is -2.52. The number of nitrogens with zero attached hydrogens (tertiary/aromatic N) is 1. The average Bonchev–Trinajstić information content (AvgIpc) is 2.83. The molecule has 1 aromatic rings. The maximum atomic E-state index is 11.8. The number of carboxylic acids is 1. The third-order valence-corrected chi connectivity index (χ3v) is 3.98. The Morgan fingerprint density at radius 2 is 2.14 bits per heavy atom. The van der Waals surface area contributed by atoms with Crippen LogP contribution >= 0.6 is 0 Å². The van der Waals surface area contributed by atoms with Gasteiger partial charge in [-0.1, -0.05) is 13.8 Å². The number of nitrogens with one attached hydrogen (secondary N) is 1. The Bertz CT molecular complexity index is 516. The Hall–Kier alpha value is -1.79. The molecular formula is C15H22N2O4. The fourth-order valence-corrected chi connectivity index (χ4v) is 2.61. The summed E-state index contributed by atoms with van der Waals surface area (Å²) in [5, 5.41) is 22.2. The third-order valence-electron chi connectivity index (χ3n) is 3.98. The van der Waals surface area contributed by atoms with Gasteiger partial charge in [0.05, 0.1) is 0 Å². The summed E-state index contributed by atoms with van der Waals surface area (Å²) in [6.07, 6.45) is 0. The van der Waals surface area contributed by atoms with E-state index in [4.69, 9.17) is 4.74 Å². The summed E-state index contributed by atoms with van der Waals surface area (Å²) >= 11 is 0. The van der Waals surface area contributed by atoms with Gasteiger partial charge in [-0.15, -0.1) is 0 Å². The minimum Gasteiger partial charge on any atom is -0.508 e. The quantitative estimate of drug-likeness (QED) is 0.696. The number of benzene rings is 1. The number of aromatic hydroxyl groups is 1. The number of ether oxygens (including phenoxy) is 1. The Morgan fingerprint density at radius 1 is 1.43 bits per heavy atom. The first kappa shape index (κ1) is 15.6. The summed E-state index contributed by atoms with van der Waals surface area (Å²) in [4.78, 5) is 14.0. The first-order valence-corrected chi connectivity index (χ1v) is 7.20. The Morgan fingerprint density at radius 3 is 2.76 bits per heavy atom. The summed E-state index contributed by atoms with van der Waals surface area (Å²) in [6, 6.07) is 4.54. The number of carbonyl (C=O) groups is 1. The minimum absolute atomic E-state index is 0.0272. The van der Waals surface area contributed by atoms with Gasteiger partial charge in [0.2, 0.25) is 0 Å². The molecule has 1 atom stereocenters. The van der Waals surface area contributed by atoms with Crippen LogP contribution in [0.5, 0.6) is 11.5 Å². The standard InChI is InChI=1S/C15H22N2O4/c1-3-17(4-2)8-7-16-15(14(19)20)10-21-13-9-11(18)5-6-12(13)15/h5-6,9,16,18H,3-4,7-8,10H2,1-2H3,(H,19,20). The van der Waals surface area contributed by atoms with Crippen molar-refractivity contribution in [3.63, 3.8) is 0 Å². The zero-order chi connectivity index (χ0) is 15.5. The SMILES string of the molecule is CCN(CC)CCNC1(C(=O)O)COc2cc(O)ccc21. The van der Waals surface area contributed by atoms with Crippen LogP contribution in [0.25, 0.3) is 0 Å². The number of rotatable bonds is 7. The predicted octanol–water partition coefficient (Wildman–Crippen LogP) is 0.996. The van der Waals surface area contributed by atoms with Crippen LogP contribution in [0.4, 0.5) is 0 Å². The zero-order valence-electron chi connectivity index (χ0n) is 12.4. The zero-order valence-corrected chi connectivity index (χ0v) is 12.4. The highest BCUT2D eigenvalue weighted by atomic mass is 16.5. The van der Waals surface area contributed by atoms with Crippen LogP contribution < -0.4 is 10.1 Å². The van der Waals surface area contributed by atoms with Gasteiger partial charge >= 0.3 is 5.97 Å². The van der Waals surface area contributed by atoms with E-state index < -0.39 is 11.5 Å². The average molecular weight is 294 g/mol. The molecule has 0 amide bonds. The number of hydrogen-bond acceptors (Lipinski definition) is 5. The first-order valence-electron chi connectivity index (χ1n) is 7.20. The molecule has 6 heteroatoms.